The lowest BCUT2D eigenvalue weighted by atomic mass is 9.45. The molecule has 8 atom stereocenters. The Morgan fingerprint density at radius 3 is 2.55 bits per heavy atom. The zero-order valence-electron chi connectivity index (χ0n) is 19.4. The number of hydrogen-bond donors (Lipinski definition) is 1. The molecule has 0 heterocycles. The van der Waals surface area contributed by atoms with Crippen LogP contribution in [0, 0.1) is 40.4 Å². The molecule has 3 saturated carbocycles. The number of ketones is 2. The van der Waals surface area contributed by atoms with Crippen molar-refractivity contribution in [2.75, 3.05) is 6.61 Å². The Hall–Kier alpha value is -1.75. The van der Waals surface area contributed by atoms with Crippen LogP contribution in [0.15, 0.2) is 23.8 Å². The number of fused-ring (bicyclic) bond motifs is 5. The Morgan fingerprint density at radius 1 is 1.19 bits per heavy atom. The van der Waals surface area contributed by atoms with Gasteiger partial charge in [-0.2, -0.15) is 0 Å². The van der Waals surface area contributed by atoms with Crippen LogP contribution < -0.4 is 0 Å². The minimum atomic E-state index is -1.13. The first-order chi connectivity index (χ1) is 14.5. The average molecular weight is 429 g/mol. The van der Waals surface area contributed by atoms with Gasteiger partial charge in [0.05, 0.1) is 13.0 Å². The summed E-state index contributed by atoms with van der Waals surface area (Å²) < 4.78 is 6.02. The van der Waals surface area contributed by atoms with Crippen molar-refractivity contribution in [3.8, 4) is 0 Å². The number of ether oxygens (including phenoxy) is 1. The van der Waals surface area contributed by atoms with Gasteiger partial charge in [0.15, 0.2) is 17.2 Å². The van der Waals surface area contributed by atoms with E-state index in [1.807, 2.05) is 13.0 Å². The third-order valence-corrected chi connectivity index (χ3v) is 9.53. The molecule has 4 aliphatic carbocycles. The van der Waals surface area contributed by atoms with Crippen LogP contribution in [0.1, 0.15) is 66.7 Å². The summed E-state index contributed by atoms with van der Waals surface area (Å²) in [6, 6.07) is 0. The molecule has 170 valence electrons. The summed E-state index contributed by atoms with van der Waals surface area (Å²) in [7, 11) is 0. The summed E-state index contributed by atoms with van der Waals surface area (Å²) in [5.41, 5.74) is -0.428. The van der Waals surface area contributed by atoms with Crippen molar-refractivity contribution in [1.82, 2.24) is 0 Å². The zero-order chi connectivity index (χ0) is 22.8. The first-order valence-electron chi connectivity index (χ1n) is 11.8. The molecule has 0 bridgehead atoms. The van der Waals surface area contributed by atoms with E-state index >= 15 is 0 Å². The maximum Gasteiger partial charge on any atom is 0.309 e. The Bertz CT molecular complexity index is 871. The van der Waals surface area contributed by atoms with Crippen molar-refractivity contribution >= 4 is 17.5 Å². The lowest BCUT2D eigenvalue weighted by Crippen LogP contribution is -2.60. The van der Waals surface area contributed by atoms with Gasteiger partial charge in [-0.05, 0) is 68.4 Å². The third kappa shape index (κ3) is 2.95. The fourth-order valence-corrected chi connectivity index (χ4v) is 8.30. The molecule has 4 aliphatic rings. The predicted molar refractivity (Wildman–Crippen MR) is 117 cm³/mol. The van der Waals surface area contributed by atoms with Crippen LogP contribution in [0.4, 0.5) is 0 Å². The van der Waals surface area contributed by atoms with Crippen LogP contribution in [0.2, 0.25) is 0 Å². The zero-order valence-corrected chi connectivity index (χ0v) is 19.4. The van der Waals surface area contributed by atoms with Crippen LogP contribution in [0.25, 0.3) is 0 Å². The van der Waals surface area contributed by atoms with Gasteiger partial charge in [0.1, 0.15) is 0 Å². The Morgan fingerprint density at radius 2 is 1.90 bits per heavy atom. The van der Waals surface area contributed by atoms with E-state index in [0.717, 1.165) is 25.7 Å². The predicted octanol–water partition coefficient (Wildman–Crippen LogP) is 4.04. The molecule has 0 aromatic heterocycles. The first kappa shape index (κ1) is 22.4. The number of allylic oxidation sites excluding steroid dienone is 4. The summed E-state index contributed by atoms with van der Waals surface area (Å²) in [5.74, 6) is 0.865. The van der Waals surface area contributed by atoms with Crippen LogP contribution >= 0.6 is 0 Å². The number of Topliss-reactive ketones (excluding diaryl/α,β-unsaturated/α-hetero) is 1. The standard InChI is InChI=1S/C26H36O5/c1-15-12-19-20(24(4)9-6-18(29)14-21(15)24)7-10-25(5)22(19)13-16(2)26(25,17(3)28)31-23(30)8-11-27/h6,9,14-16,19-20,22,27H,7-8,10-13H2,1-5H3/t15-,16-,19+,20-,22-,24+,25-,26-/m0/s1. The molecule has 0 spiro atoms. The van der Waals surface area contributed by atoms with Crippen LogP contribution in [-0.2, 0) is 19.1 Å². The number of esters is 1. The van der Waals surface area contributed by atoms with Gasteiger partial charge in [-0.3, -0.25) is 14.4 Å². The summed E-state index contributed by atoms with van der Waals surface area (Å²) in [6.07, 6.45) is 9.22. The number of rotatable bonds is 4. The molecule has 1 N–H and O–H groups in total. The fraction of sp³-hybridized carbons (Fsp3) is 0.731. The van der Waals surface area contributed by atoms with Crippen molar-refractivity contribution in [2.45, 2.75) is 72.3 Å². The highest BCUT2D eigenvalue weighted by Gasteiger charge is 2.70. The van der Waals surface area contributed by atoms with E-state index in [2.05, 4.69) is 26.8 Å². The Kier molecular flexibility index (Phi) is 5.36. The van der Waals surface area contributed by atoms with Gasteiger partial charge in [-0.15, -0.1) is 0 Å². The highest BCUT2D eigenvalue weighted by atomic mass is 16.6. The second-order valence-electron chi connectivity index (χ2n) is 11.0. The molecule has 0 unspecified atom stereocenters. The average Bonchev–Trinajstić information content (AvgIpc) is 2.92. The number of carbonyl (C=O) groups is 3. The number of aliphatic hydroxyl groups is 1. The minimum absolute atomic E-state index is 0.0649. The molecule has 0 amide bonds. The van der Waals surface area contributed by atoms with Crippen molar-refractivity contribution in [2.24, 2.45) is 40.4 Å². The SMILES string of the molecule is CC(=O)[C@@]1(OC(=O)CCO)[C@@H](C)C[C@H]2[C@@H]3C[C@H](C)C4=CC(=O)C=C[C@]4(C)[C@H]3CC[C@@]21C. The maximum atomic E-state index is 13.1. The normalized spacial score (nSPS) is 45.9. The van der Waals surface area contributed by atoms with Gasteiger partial charge < -0.3 is 9.84 Å². The van der Waals surface area contributed by atoms with E-state index in [1.54, 1.807) is 13.0 Å². The molecule has 31 heavy (non-hydrogen) atoms. The number of hydrogen-bond acceptors (Lipinski definition) is 5. The van der Waals surface area contributed by atoms with E-state index < -0.39 is 17.0 Å². The lowest BCUT2D eigenvalue weighted by Gasteiger charge is -2.59. The highest BCUT2D eigenvalue weighted by molar-refractivity contribution is 6.01. The first-order valence-corrected chi connectivity index (χ1v) is 11.8. The van der Waals surface area contributed by atoms with Gasteiger partial charge in [0.2, 0.25) is 0 Å². The molecule has 0 aromatic carbocycles. The topological polar surface area (TPSA) is 80.7 Å². The molecule has 4 rings (SSSR count). The van der Waals surface area contributed by atoms with Gasteiger partial charge in [-0.1, -0.05) is 39.3 Å². The maximum absolute atomic E-state index is 13.1. The lowest BCUT2D eigenvalue weighted by molar-refractivity contribution is -0.194. The van der Waals surface area contributed by atoms with E-state index in [1.165, 1.54) is 5.57 Å². The van der Waals surface area contributed by atoms with E-state index in [-0.39, 0.29) is 41.8 Å². The summed E-state index contributed by atoms with van der Waals surface area (Å²) in [5, 5.41) is 9.21. The number of carbonyl (C=O) groups excluding carboxylic acids is 3. The van der Waals surface area contributed by atoms with Gasteiger partial charge >= 0.3 is 5.97 Å². The van der Waals surface area contributed by atoms with Gasteiger partial charge in [0.25, 0.3) is 0 Å². The number of aliphatic hydroxyl groups excluding tert-OH is 1. The monoisotopic (exact) mass is 428 g/mol. The molecule has 3 fully saturated rings. The van der Waals surface area contributed by atoms with Crippen molar-refractivity contribution in [3.63, 3.8) is 0 Å². The molecule has 5 nitrogen and oxygen atoms in total. The van der Waals surface area contributed by atoms with E-state index in [4.69, 9.17) is 4.74 Å². The van der Waals surface area contributed by atoms with Gasteiger partial charge in [0, 0.05) is 16.7 Å². The van der Waals surface area contributed by atoms with Crippen LogP contribution in [-0.4, -0.2) is 34.9 Å². The van der Waals surface area contributed by atoms with Crippen molar-refractivity contribution in [1.29, 1.82) is 0 Å². The Labute approximate surface area is 185 Å². The molecule has 0 aliphatic heterocycles. The fourth-order valence-electron chi connectivity index (χ4n) is 8.30. The molecular formula is C26H36O5. The third-order valence-electron chi connectivity index (χ3n) is 9.53. The van der Waals surface area contributed by atoms with Gasteiger partial charge in [-0.25, -0.2) is 0 Å². The molecule has 0 saturated heterocycles. The van der Waals surface area contributed by atoms with E-state index in [0.29, 0.717) is 17.8 Å². The molecular weight excluding hydrogens is 392 g/mol. The second-order valence-corrected chi connectivity index (χ2v) is 11.0. The smallest absolute Gasteiger partial charge is 0.309 e. The highest BCUT2D eigenvalue weighted by Crippen LogP contribution is 2.69. The molecule has 5 heteroatoms. The largest absolute Gasteiger partial charge is 0.450 e. The summed E-state index contributed by atoms with van der Waals surface area (Å²) in [4.78, 5) is 37.7. The van der Waals surface area contributed by atoms with Crippen molar-refractivity contribution < 1.29 is 24.2 Å². The summed E-state index contributed by atoms with van der Waals surface area (Å²) >= 11 is 0. The quantitative estimate of drug-likeness (QED) is 0.684. The summed E-state index contributed by atoms with van der Waals surface area (Å²) in [6.45, 7) is 9.98. The second kappa shape index (κ2) is 7.40. The molecule has 0 radical (unpaired) electrons. The molecule has 0 aromatic rings. The minimum Gasteiger partial charge on any atom is -0.450 e. The van der Waals surface area contributed by atoms with E-state index in [9.17, 15) is 19.5 Å². The van der Waals surface area contributed by atoms with Crippen LogP contribution in [0.3, 0.4) is 0 Å². The van der Waals surface area contributed by atoms with Crippen molar-refractivity contribution in [3.05, 3.63) is 23.8 Å². The Balaban J connectivity index is 1.75. The van der Waals surface area contributed by atoms with Crippen LogP contribution in [0.5, 0.6) is 0 Å².